The maximum atomic E-state index is 11.0. The highest BCUT2D eigenvalue weighted by molar-refractivity contribution is 5.72. The summed E-state index contributed by atoms with van der Waals surface area (Å²) in [6.45, 7) is 1.88. The topological polar surface area (TPSA) is 78.3 Å². The van der Waals surface area contributed by atoms with Crippen molar-refractivity contribution in [3.8, 4) is 0 Å². The van der Waals surface area contributed by atoms with Crippen molar-refractivity contribution in [2.24, 2.45) is 0 Å². The summed E-state index contributed by atoms with van der Waals surface area (Å²) in [7, 11) is 1.78. The lowest BCUT2D eigenvalue weighted by Crippen LogP contribution is -2.28. The Hall–Kier alpha value is -1.59. The summed E-state index contributed by atoms with van der Waals surface area (Å²) in [6.07, 6.45) is -0.630. The zero-order chi connectivity index (χ0) is 11.7. The number of fused-ring (bicyclic) bond motifs is 1. The van der Waals surface area contributed by atoms with Gasteiger partial charge in [-0.2, -0.15) is 0 Å². The van der Waals surface area contributed by atoms with Gasteiger partial charge in [-0.15, -0.1) is 0 Å². The summed E-state index contributed by atoms with van der Waals surface area (Å²) in [5.41, 5.74) is 1.82. The lowest BCUT2D eigenvalue weighted by Gasteiger charge is -2.18. The molecule has 2 unspecified atom stereocenters. The van der Waals surface area contributed by atoms with E-state index in [0.717, 1.165) is 5.56 Å². The molecule has 1 aromatic heterocycles. The standard InChI is InChI=1S/C11H14N2O3/c1-6(12-2)10(14)7-3-4-8-9(5-7)16-11(15)13-8/h3-6,10,12,14H,1-2H3,(H,13,15). The van der Waals surface area contributed by atoms with E-state index in [4.69, 9.17) is 4.42 Å². The number of aromatic amines is 1. The van der Waals surface area contributed by atoms with Crippen LogP contribution < -0.4 is 11.1 Å². The third-order valence-corrected chi connectivity index (χ3v) is 2.72. The molecule has 2 atom stereocenters. The number of H-pyrrole nitrogens is 1. The van der Waals surface area contributed by atoms with Crippen molar-refractivity contribution < 1.29 is 9.52 Å². The number of hydrogen-bond donors (Lipinski definition) is 3. The molecule has 0 bridgehead atoms. The third-order valence-electron chi connectivity index (χ3n) is 2.72. The largest absolute Gasteiger partial charge is 0.417 e. The van der Waals surface area contributed by atoms with Gasteiger partial charge in [0.1, 0.15) is 0 Å². The van der Waals surface area contributed by atoms with E-state index in [-0.39, 0.29) is 6.04 Å². The van der Waals surface area contributed by atoms with Crippen molar-refractivity contribution in [2.75, 3.05) is 7.05 Å². The van der Waals surface area contributed by atoms with E-state index in [1.165, 1.54) is 0 Å². The average molecular weight is 222 g/mol. The lowest BCUT2D eigenvalue weighted by molar-refractivity contribution is 0.140. The molecule has 5 heteroatoms. The second kappa shape index (κ2) is 4.11. The van der Waals surface area contributed by atoms with E-state index >= 15 is 0 Å². The Morgan fingerprint density at radius 1 is 1.50 bits per heavy atom. The molecule has 2 aromatic rings. The maximum absolute atomic E-state index is 11.0. The number of likely N-dealkylation sites (N-methyl/N-ethyl adjacent to an activating group) is 1. The number of aromatic nitrogens is 1. The van der Waals surface area contributed by atoms with Gasteiger partial charge in [0.05, 0.1) is 11.6 Å². The van der Waals surface area contributed by atoms with Gasteiger partial charge in [0.15, 0.2) is 5.58 Å². The first-order valence-corrected chi connectivity index (χ1v) is 5.10. The molecule has 3 N–H and O–H groups in total. The van der Waals surface area contributed by atoms with Gasteiger partial charge in [-0.25, -0.2) is 4.79 Å². The maximum Gasteiger partial charge on any atom is 0.417 e. The molecule has 0 amide bonds. The molecule has 0 aliphatic heterocycles. The van der Waals surface area contributed by atoms with E-state index in [1.807, 2.05) is 6.92 Å². The average Bonchev–Trinajstić information content (AvgIpc) is 2.65. The number of aliphatic hydroxyl groups excluding tert-OH is 1. The van der Waals surface area contributed by atoms with E-state index in [1.54, 1.807) is 25.2 Å². The van der Waals surface area contributed by atoms with Crippen LogP contribution in [0.25, 0.3) is 11.1 Å². The highest BCUT2D eigenvalue weighted by atomic mass is 16.4. The molecule has 1 heterocycles. The first-order valence-electron chi connectivity index (χ1n) is 5.10. The Morgan fingerprint density at radius 3 is 2.94 bits per heavy atom. The molecule has 2 rings (SSSR count). The van der Waals surface area contributed by atoms with Crippen LogP contribution in [0.1, 0.15) is 18.6 Å². The van der Waals surface area contributed by atoms with Crippen LogP contribution in [0.15, 0.2) is 27.4 Å². The van der Waals surface area contributed by atoms with E-state index in [9.17, 15) is 9.90 Å². The molecule has 0 saturated carbocycles. The molecule has 0 fully saturated rings. The van der Waals surface area contributed by atoms with Crippen LogP contribution in [-0.4, -0.2) is 23.2 Å². The Morgan fingerprint density at radius 2 is 2.25 bits per heavy atom. The Kier molecular flexibility index (Phi) is 2.80. The molecule has 0 spiro atoms. The highest BCUT2D eigenvalue weighted by Crippen LogP contribution is 2.20. The van der Waals surface area contributed by atoms with Gasteiger partial charge in [-0.3, -0.25) is 4.98 Å². The molecule has 5 nitrogen and oxygen atoms in total. The highest BCUT2D eigenvalue weighted by Gasteiger charge is 2.15. The molecule has 0 radical (unpaired) electrons. The molecule has 86 valence electrons. The predicted molar refractivity (Wildman–Crippen MR) is 60.3 cm³/mol. The Balaban J connectivity index is 2.42. The molecule has 0 aliphatic carbocycles. The van der Waals surface area contributed by atoms with Crippen LogP contribution in [-0.2, 0) is 0 Å². The van der Waals surface area contributed by atoms with Crippen LogP contribution in [0.3, 0.4) is 0 Å². The Labute approximate surface area is 92.1 Å². The van der Waals surface area contributed by atoms with Crippen LogP contribution >= 0.6 is 0 Å². The van der Waals surface area contributed by atoms with Crippen LogP contribution in [0.5, 0.6) is 0 Å². The van der Waals surface area contributed by atoms with E-state index < -0.39 is 11.9 Å². The molecular formula is C11H14N2O3. The first-order chi connectivity index (χ1) is 7.61. The number of benzene rings is 1. The van der Waals surface area contributed by atoms with Crippen molar-refractivity contribution in [3.05, 3.63) is 34.3 Å². The quantitative estimate of drug-likeness (QED) is 0.716. The minimum Gasteiger partial charge on any atom is -0.408 e. The van der Waals surface area contributed by atoms with E-state index in [2.05, 4.69) is 10.3 Å². The van der Waals surface area contributed by atoms with Crippen molar-refractivity contribution in [1.82, 2.24) is 10.3 Å². The monoisotopic (exact) mass is 222 g/mol. The third kappa shape index (κ3) is 1.87. The fourth-order valence-corrected chi connectivity index (χ4v) is 1.59. The lowest BCUT2D eigenvalue weighted by atomic mass is 10.0. The van der Waals surface area contributed by atoms with Crippen LogP contribution in [0.2, 0.25) is 0 Å². The molecule has 16 heavy (non-hydrogen) atoms. The summed E-state index contributed by atoms with van der Waals surface area (Å²) in [4.78, 5) is 13.5. The van der Waals surface area contributed by atoms with Gasteiger partial charge in [-0.1, -0.05) is 6.07 Å². The van der Waals surface area contributed by atoms with Crippen molar-refractivity contribution in [1.29, 1.82) is 0 Å². The minimum atomic E-state index is -0.630. The molecule has 1 aromatic carbocycles. The normalized spacial score (nSPS) is 15.2. The summed E-state index contributed by atoms with van der Waals surface area (Å²) < 4.78 is 4.93. The minimum absolute atomic E-state index is 0.0666. The fraction of sp³-hybridized carbons (Fsp3) is 0.364. The molecule has 0 aliphatic rings. The number of oxazole rings is 1. The van der Waals surface area contributed by atoms with Gasteiger partial charge in [0.2, 0.25) is 0 Å². The predicted octanol–water partition coefficient (Wildman–Crippen LogP) is 0.762. The summed E-state index contributed by atoms with van der Waals surface area (Å²) >= 11 is 0. The first kappa shape index (κ1) is 10.9. The Bertz CT molecular complexity index is 543. The van der Waals surface area contributed by atoms with Gasteiger partial charge in [0.25, 0.3) is 0 Å². The van der Waals surface area contributed by atoms with E-state index in [0.29, 0.717) is 11.1 Å². The number of rotatable bonds is 3. The van der Waals surface area contributed by atoms with Crippen LogP contribution in [0.4, 0.5) is 0 Å². The number of nitrogens with one attached hydrogen (secondary N) is 2. The summed E-state index contributed by atoms with van der Waals surface area (Å²) in [5, 5.41) is 12.9. The summed E-state index contributed by atoms with van der Waals surface area (Å²) in [5.74, 6) is -0.483. The zero-order valence-electron chi connectivity index (χ0n) is 9.15. The molecule has 0 saturated heterocycles. The van der Waals surface area contributed by atoms with Gasteiger partial charge < -0.3 is 14.8 Å². The van der Waals surface area contributed by atoms with Gasteiger partial charge in [0, 0.05) is 6.04 Å². The zero-order valence-corrected chi connectivity index (χ0v) is 9.15. The summed E-state index contributed by atoms with van der Waals surface area (Å²) in [6, 6.07) is 5.10. The van der Waals surface area contributed by atoms with Crippen molar-refractivity contribution in [2.45, 2.75) is 19.1 Å². The number of hydrogen-bond acceptors (Lipinski definition) is 4. The smallest absolute Gasteiger partial charge is 0.408 e. The number of aliphatic hydroxyl groups is 1. The molecular weight excluding hydrogens is 208 g/mol. The van der Waals surface area contributed by atoms with Crippen molar-refractivity contribution >= 4 is 11.1 Å². The van der Waals surface area contributed by atoms with Crippen molar-refractivity contribution in [3.63, 3.8) is 0 Å². The second-order valence-electron chi connectivity index (χ2n) is 3.79. The van der Waals surface area contributed by atoms with Gasteiger partial charge in [-0.05, 0) is 31.7 Å². The van der Waals surface area contributed by atoms with Crippen LogP contribution in [0, 0.1) is 0 Å². The second-order valence-corrected chi connectivity index (χ2v) is 3.79. The SMILES string of the molecule is CNC(C)C(O)c1ccc2[nH]c(=O)oc2c1. The van der Waals surface area contributed by atoms with Gasteiger partial charge >= 0.3 is 5.76 Å². The fourth-order valence-electron chi connectivity index (χ4n) is 1.59.